The number of hydrogen-bond donors (Lipinski definition) is 1. The molecule has 0 radical (unpaired) electrons. The van der Waals surface area contributed by atoms with Crippen LogP contribution in [0.5, 0.6) is 0 Å². The van der Waals surface area contributed by atoms with Crippen LogP contribution in [0.3, 0.4) is 0 Å². The Balaban J connectivity index is 1.55. The van der Waals surface area contributed by atoms with Gasteiger partial charge in [-0.1, -0.05) is 18.2 Å². The van der Waals surface area contributed by atoms with Crippen LogP contribution in [-0.4, -0.2) is 62.3 Å². The van der Waals surface area contributed by atoms with Crippen LogP contribution in [-0.2, 0) is 11.3 Å². The summed E-state index contributed by atoms with van der Waals surface area (Å²) in [4.78, 5) is 24.0. The van der Waals surface area contributed by atoms with Gasteiger partial charge in [0.1, 0.15) is 12.2 Å². The van der Waals surface area contributed by atoms with E-state index < -0.39 is 0 Å². The highest BCUT2D eigenvalue weighted by atomic mass is 16.5. The predicted molar refractivity (Wildman–Crippen MR) is 104 cm³/mol. The number of piperidine rings is 1. The zero-order chi connectivity index (χ0) is 19.3. The van der Waals surface area contributed by atoms with E-state index in [0.717, 1.165) is 37.3 Å². The SMILES string of the molecule is COCCn1ccnc1C1CCCN(C(=O)c2ccccc2-c2ncn[nH]2)C1. The number of aromatic amines is 1. The van der Waals surface area contributed by atoms with Crippen molar-refractivity contribution in [3.8, 4) is 11.4 Å². The van der Waals surface area contributed by atoms with Crippen LogP contribution in [0.4, 0.5) is 0 Å². The Morgan fingerprint density at radius 1 is 1.32 bits per heavy atom. The third kappa shape index (κ3) is 3.68. The lowest BCUT2D eigenvalue weighted by Crippen LogP contribution is -2.40. The summed E-state index contributed by atoms with van der Waals surface area (Å²) >= 11 is 0. The second kappa shape index (κ2) is 8.35. The smallest absolute Gasteiger partial charge is 0.254 e. The van der Waals surface area contributed by atoms with Crippen molar-refractivity contribution in [2.75, 3.05) is 26.8 Å². The molecule has 0 aliphatic carbocycles. The van der Waals surface area contributed by atoms with Crippen molar-refractivity contribution in [1.82, 2.24) is 29.6 Å². The van der Waals surface area contributed by atoms with Gasteiger partial charge in [-0.25, -0.2) is 9.97 Å². The molecule has 0 bridgehead atoms. The zero-order valence-corrected chi connectivity index (χ0v) is 15.9. The number of rotatable bonds is 6. The van der Waals surface area contributed by atoms with Gasteiger partial charge in [-0.05, 0) is 18.9 Å². The predicted octanol–water partition coefficient (Wildman–Crippen LogP) is 2.33. The number of amides is 1. The first-order valence-corrected chi connectivity index (χ1v) is 9.52. The van der Waals surface area contributed by atoms with Gasteiger partial charge < -0.3 is 14.2 Å². The number of carbonyl (C=O) groups is 1. The van der Waals surface area contributed by atoms with E-state index >= 15 is 0 Å². The molecule has 3 heterocycles. The normalized spacial score (nSPS) is 17.0. The highest BCUT2D eigenvalue weighted by Crippen LogP contribution is 2.28. The van der Waals surface area contributed by atoms with Crippen molar-refractivity contribution >= 4 is 5.91 Å². The molecule has 28 heavy (non-hydrogen) atoms. The third-order valence-electron chi connectivity index (χ3n) is 5.19. The van der Waals surface area contributed by atoms with Crippen LogP contribution >= 0.6 is 0 Å². The highest BCUT2D eigenvalue weighted by molar-refractivity contribution is 6.00. The number of aromatic nitrogens is 5. The lowest BCUT2D eigenvalue weighted by atomic mass is 9.95. The maximum atomic E-state index is 13.3. The maximum Gasteiger partial charge on any atom is 0.254 e. The van der Waals surface area contributed by atoms with Crippen LogP contribution in [0, 0.1) is 0 Å². The van der Waals surface area contributed by atoms with Crippen molar-refractivity contribution in [3.05, 3.63) is 54.4 Å². The summed E-state index contributed by atoms with van der Waals surface area (Å²) in [5.74, 6) is 1.87. The van der Waals surface area contributed by atoms with Gasteiger partial charge in [-0.3, -0.25) is 9.89 Å². The summed E-state index contributed by atoms with van der Waals surface area (Å²) in [6.07, 6.45) is 7.24. The molecule has 146 valence electrons. The maximum absolute atomic E-state index is 13.3. The van der Waals surface area contributed by atoms with Crippen molar-refractivity contribution in [2.24, 2.45) is 0 Å². The van der Waals surface area contributed by atoms with Crippen molar-refractivity contribution in [3.63, 3.8) is 0 Å². The van der Waals surface area contributed by atoms with E-state index in [0.29, 0.717) is 24.5 Å². The standard InChI is InChI=1S/C20H24N6O2/c1-28-12-11-25-10-8-21-19(25)15-5-4-9-26(13-15)20(27)17-7-3-2-6-16(17)18-22-14-23-24-18/h2-3,6-8,10,14-15H,4-5,9,11-13H2,1H3,(H,22,23,24). The molecule has 0 saturated carbocycles. The molecular weight excluding hydrogens is 356 g/mol. The average Bonchev–Trinajstić information content (AvgIpc) is 3.44. The molecule has 1 atom stereocenters. The number of imidazole rings is 1. The number of ether oxygens (including phenoxy) is 1. The number of hydrogen-bond acceptors (Lipinski definition) is 5. The number of nitrogens with one attached hydrogen (secondary N) is 1. The first-order valence-electron chi connectivity index (χ1n) is 9.52. The molecule has 1 N–H and O–H groups in total. The van der Waals surface area contributed by atoms with Gasteiger partial charge in [0.25, 0.3) is 5.91 Å². The fourth-order valence-electron chi connectivity index (χ4n) is 3.81. The molecule has 8 nitrogen and oxygen atoms in total. The molecule has 1 aliphatic heterocycles. The van der Waals surface area contributed by atoms with Gasteiger partial charge in [-0.15, -0.1) is 0 Å². The summed E-state index contributed by atoms with van der Waals surface area (Å²) < 4.78 is 7.33. The van der Waals surface area contributed by atoms with Gasteiger partial charge in [0.05, 0.1) is 12.2 Å². The summed E-state index contributed by atoms with van der Waals surface area (Å²) in [6.45, 7) is 2.82. The Labute approximate surface area is 163 Å². The van der Waals surface area contributed by atoms with E-state index in [9.17, 15) is 4.79 Å². The Hall–Kier alpha value is -3.00. The van der Waals surface area contributed by atoms with E-state index in [1.807, 2.05) is 41.6 Å². The second-order valence-corrected chi connectivity index (χ2v) is 6.94. The molecule has 1 aliphatic rings. The van der Waals surface area contributed by atoms with E-state index in [2.05, 4.69) is 24.7 Å². The topological polar surface area (TPSA) is 88.9 Å². The van der Waals surface area contributed by atoms with E-state index in [-0.39, 0.29) is 11.8 Å². The van der Waals surface area contributed by atoms with Crippen molar-refractivity contribution < 1.29 is 9.53 Å². The first-order chi connectivity index (χ1) is 13.8. The lowest BCUT2D eigenvalue weighted by molar-refractivity contribution is 0.0703. The Morgan fingerprint density at radius 2 is 2.21 bits per heavy atom. The average molecular weight is 380 g/mol. The molecule has 8 heteroatoms. The molecule has 4 rings (SSSR count). The number of likely N-dealkylation sites (tertiary alicyclic amines) is 1. The Morgan fingerprint density at radius 3 is 3.04 bits per heavy atom. The molecule has 1 fully saturated rings. The molecule has 2 aromatic heterocycles. The summed E-state index contributed by atoms with van der Waals surface area (Å²) in [5.41, 5.74) is 1.41. The fourth-order valence-corrected chi connectivity index (χ4v) is 3.81. The highest BCUT2D eigenvalue weighted by Gasteiger charge is 2.29. The van der Waals surface area contributed by atoms with Crippen LogP contribution in [0.25, 0.3) is 11.4 Å². The molecule has 0 spiro atoms. The quantitative estimate of drug-likeness (QED) is 0.709. The summed E-state index contributed by atoms with van der Waals surface area (Å²) in [5, 5.41) is 6.76. The fraction of sp³-hybridized carbons (Fsp3) is 0.400. The monoisotopic (exact) mass is 380 g/mol. The number of carbonyl (C=O) groups excluding carboxylic acids is 1. The van der Waals surface area contributed by atoms with Crippen LogP contribution < -0.4 is 0 Å². The van der Waals surface area contributed by atoms with Gasteiger partial charge in [0.15, 0.2) is 5.82 Å². The van der Waals surface area contributed by atoms with Gasteiger partial charge in [0.2, 0.25) is 0 Å². The van der Waals surface area contributed by atoms with Gasteiger partial charge >= 0.3 is 0 Å². The Bertz CT molecular complexity index is 920. The molecule has 1 saturated heterocycles. The van der Waals surface area contributed by atoms with E-state index in [1.54, 1.807) is 7.11 Å². The lowest BCUT2D eigenvalue weighted by Gasteiger charge is -2.33. The number of methoxy groups -OCH3 is 1. The molecule has 1 amide bonds. The molecule has 3 aromatic rings. The molecular formula is C20H24N6O2. The minimum atomic E-state index is 0.0201. The van der Waals surface area contributed by atoms with E-state index in [4.69, 9.17) is 4.74 Å². The van der Waals surface area contributed by atoms with E-state index in [1.165, 1.54) is 6.33 Å². The Kier molecular flexibility index (Phi) is 5.48. The third-order valence-corrected chi connectivity index (χ3v) is 5.19. The van der Waals surface area contributed by atoms with Crippen molar-refractivity contribution in [1.29, 1.82) is 0 Å². The zero-order valence-electron chi connectivity index (χ0n) is 15.9. The summed E-state index contributed by atoms with van der Waals surface area (Å²) in [7, 11) is 1.70. The van der Waals surface area contributed by atoms with Gasteiger partial charge in [-0.2, -0.15) is 5.10 Å². The molecule has 1 aromatic carbocycles. The first kappa shape index (κ1) is 18.4. The minimum absolute atomic E-state index is 0.0201. The van der Waals surface area contributed by atoms with Crippen LogP contribution in [0.2, 0.25) is 0 Å². The van der Waals surface area contributed by atoms with Crippen molar-refractivity contribution in [2.45, 2.75) is 25.3 Å². The summed E-state index contributed by atoms with van der Waals surface area (Å²) in [6, 6.07) is 7.53. The van der Waals surface area contributed by atoms with Crippen LogP contribution in [0.15, 0.2) is 43.0 Å². The van der Waals surface area contributed by atoms with Gasteiger partial charge in [0, 0.05) is 50.6 Å². The van der Waals surface area contributed by atoms with Crippen LogP contribution in [0.1, 0.15) is 34.9 Å². The number of H-pyrrole nitrogens is 1. The molecule has 1 unspecified atom stereocenters. The largest absolute Gasteiger partial charge is 0.383 e. The number of nitrogens with zero attached hydrogens (tertiary/aromatic N) is 5. The second-order valence-electron chi connectivity index (χ2n) is 6.94. The minimum Gasteiger partial charge on any atom is -0.383 e. The number of benzene rings is 1.